The van der Waals surface area contributed by atoms with Crippen molar-refractivity contribution >= 4 is 9.84 Å². The summed E-state index contributed by atoms with van der Waals surface area (Å²) in [6, 6.07) is 9.86. The van der Waals surface area contributed by atoms with Crippen molar-refractivity contribution in [3.8, 4) is 11.3 Å². The molecule has 1 aromatic carbocycles. The maximum Gasteiger partial charge on any atom is 0.209 e. The van der Waals surface area contributed by atoms with Gasteiger partial charge in [-0.3, -0.25) is 9.58 Å². The predicted molar refractivity (Wildman–Crippen MR) is 111 cm³/mol. The average molecular weight is 415 g/mol. The third kappa shape index (κ3) is 4.28. The summed E-state index contributed by atoms with van der Waals surface area (Å²) in [7, 11) is -0.924. The highest BCUT2D eigenvalue weighted by Crippen LogP contribution is 2.27. The molecule has 1 aliphatic heterocycles. The molecular formula is C21H26N4O3S. The van der Waals surface area contributed by atoms with Gasteiger partial charge in [-0.15, -0.1) is 0 Å². The number of rotatable bonds is 6. The standard InChI is InChI=1S/C21H26N4O3S/c1-15-19(16(2)25(23-15)18-9-10-29(26,27)14-18)12-24(3)13-21-22-11-20(28-21)17-7-5-4-6-8-17/h4-8,11,18H,9-10,12-14H2,1-3H3/t18-/m1/s1. The Labute approximate surface area is 171 Å². The van der Waals surface area contributed by atoms with Crippen LogP contribution in [0.2, 0.25) is 0 Å². The van der Waals surface area contributed by atoms with Crippen LogP contribution in [0, 0.1) is 13.8 Å². The Morgan fingerprint density at radius 1 is 1.21 bits per heavy atom. The zero-order valence-electron chi connectivity index (χ0n) is 17.0. The van der Waals surface area contributed by atoms with Gasteiger partial charge in [-0.1, -0.05) is 30.3 Å². The van der Waals surface area contributed by atoms with Crippen LogP contribution in [-0.4, -0.2) is 46.6 Å². The summed E-state index contributed by atoms with van der Waals surface area (Å²) in [5.74, 6) is 1.86. The number of aryl methyl sites for hydroxylation is 1. The van der Waals surface area contributed by atoms with Crippen molar-refractivity contribution in [2.45, 2.75) is 39.4 Å². The van der Waals surface area contributed by atoms with Crippen molar-refractivity contribution in [3.05, 3.63) is 59.4 Å². The molecule has 154 valence electrons. The van der Waals surface area contributed by atoms with Gasteiger partial charge in [-0.25, -0.2) is 13.4 Å². The first kappa shape index (κ1) is 19.8. The minimum Gasteiger partial charge on any atom is -0.439 e. The zero-order chi connectivity index (χ0) is 20.6. The topological polar surface area (TPSA) is 81.2 Å². The van der Waals surface area contributed by atoms with E-state index in [0.717, 1.165) is 28.3 Å². The normalized spacial score (nSPS) is 18.6. The average Bonchev–Trinajstić information content (AvgIpc) is 3.36. The van der Waals surface area contributed by atoms with Gasteiger partial charge in [0.1, 0.15) is 0 Å². The second-order valence-corrected chi connectivity index (χ2v) is 10.0. The fraction of sp³-hybridized carbons (Fsp3) is 0.429. The first-order valence-corrected chi connectivity index (χ1v) is 11.6. The van der Waals surface area contributed by atoms with Crippen molar-refractivity contribution < 1.29 is 12.8 Å². The van der Waals surface area contributed by atoms with Crippen molar-refractivity contribution in [1.82, 2.24) is 19.7 Å². The first-order valence-electron chi connectivity index (χ1n) is 9.76. The summed E-state index contributed by atoms with van der Waals surface area (Å²) in [6.45, 7) is 5.27. The number of hydrogen-bond acceptors (Lipinski definition) is 6. The van der Waals surface area contributed by atoms with Crippen LogP contribution in [0.3, 0.4) is 0 Å². The number of benzene rings is 1. The smallest absolute Gasteiger partial charge is 0.209 e. The molecule has 2 aromatic heterocycles. The van der Waals surface area contributed by atoms with E-state index in [1.165, 1.54) is 0 Å². The molecule has 8 heteroatoms. The van der Waals surface area contributed by atoms with Crippen LogP contribution < -0.4 is 0 Å². The second kappa shape index (κ2) is 7.76. The van der Waals surface area contributed by atoms with Crippen molar-refractivity contribution in [2.24, 2.45) is 0 Å². The Balaban J connectivity index is 1.45. The Morgan fingerprint density at radius 3 is 2.66 bits per heavy atom. The van der Waals surface area contributed by atoms with Crippen LogP contribution >= 0.6 is 0 Å². The van der Waals surface area contributed by atoms with Crippen molar-refractivity contribution in [3.63, 3.8) is 0 Å². The lowest BCUT2D eigenvalue weighted by Gasteiger charge is -2.16. The Hall–Kier alpha value is -2.45. The van der Waals surface area contributed by atoms with E-state index in [1.807, 2.05) is 55.9 Å². The van der Waals surface area contributed by atoms with Gasteiger partial charge in [0.25, 0.3) is 0 Å². The van der Waals surface area contributed by atoms with Gasteiger partial charge >= 0.3 is 0 Å². The maximum absolute atomic E-state index is 11.8. The molecule has 0 spiro atoms. The molecule has 0 N–H and O–H groups in total. The lowest BCUT2D eigenvalue weighted by atomic mass is 10.1. The minimum absolute atomic E-state index is 0.0575. The quantitative estimate of drug-likeness (QED) is 0.616. The Morgan fingerprint density at radius 2 is 1.97 bits per heavy atom. The summed E-state index contributed by atoms with van der Waals surface area (Å²) in [5, 5.41) is 4.65. The first-order chi connectivity index (χ1) is 13.8. The van der Waals surface area contributed by atoms with Gasteiger partial charge in [0.05, 0.1) is 36.0 Å². The van der Waals surface area contributed by atoms with Crippen LogP contribution in [0.15, 0.2) is 40.9 Å². The van der Waals surface area contributed by atoms with Crippen molar-refractivity contribution in [2.75, 3.05) is 18.6 Å². The SMILES string of the molecule is Cc1nn([C@@H]2CCS(=O)(=O)C2)c(C)c1CN(C)Cc1ncc(-c2ccccc2)o1. The van der Waals surface area contributed by atoms with Gasteiger partial charge in [-0.05, 0) is 27.3 Å². The van der Waals surface area contributed by atoms with E-state index < -0.39 is 9.84 Å². The summed E-state index contributed by atoms with van der Waals surface area (Å²) in [5.41, 5.74) is 4.12. The highest BCUT2D eigenvalue weighted by atomic mass is 32.2. The number of oxazole rings is 1. The number of aromatic nitrogens is 3. The van der Waals surface area contributed by atoms with Crippen LogP contribution in [-0.2, 0) is 22.9 Å². The highest BCUT2D eigenvalue weighted by Gasteiger charge is 2.31. The molecular weight excluding hydrogens is 388 g/mol. The molecule has 0 amide bonds. The summed E-state index contributed by atoms with van der Waals surface area (Å²) >= 11 is 0. The molecule has 1 atom stereocenters. The lowest BCUT2D eigenvalue weighted by Crippen LogP contribution is -2.19. The Bertz CT molecular complexity index is 1100. The molecule has 0 bridgehead atoms. The number of hydrogen-bond donors (Lipinski definition) is 0. The van der Waals surface area contributed by atoms with E-state index in [1.54, 1.807) is 6.20 Å². The summed E-state index contributed by atoms with van der Waals surface area (Å²) < 4.78 is 31.5. The van der Waals surface area contributed by atoms with E-state index in [0.29, 0.717) is 25.4 Å². The van der Waals surface area contributed by atoms with Gasteiger partial charge in [0, 0.05) is 23.4 Å². The second-order valence-electron chi connectivity index (χ2n) is 7.81. The molecule has 7 nitrogen and oxygen atoms in total. The van der Waals surface area contributed by atoms with Crippen LogP contribution in [0.4, 0.5) is 0 Å². The molecule has 0 aliphatic carbocycles. The van der Waals surface area contributed by atoms with Crippen LogP contribution in [0.5, 0.6) is 0 Å². The largest absolute Gasteiger partial charge is 0.439 e. The fourth-order valence-electron chi connectivity index (χ4n) is 3.93. The van der Waals surface area contributed by atoms with E-state index in [4.69, 9.17) is 4.42 Å². The summed E-state index contributed by atoms with van der Waals surface area (Å²) in [6.07, 6.45) is 2.39. The van der Waals surface area contributed by atoms with Gasteiger partial charge in [-0.2, -0.15) is 5.10 Å². The molecule has 3 heterocycles. The molecule has 29 heavy (non-hydrogen) atoms. The summed E-state index contributed by atoms with van der Waals surface area (Å²) in [4.78, 5) is 6.54. The maximum atomic E-state index is 11.8. The van der Waals surface area contributed by atoms with Crippen LogP contribution in [0.1, 0.15) is 35.3 Å². The third-order valence-electron chi connectivity index (χ3n) is 5.47. The van der Waals surface area contributed by atoms with E-state index in [-0.39, 0.29) is 17.5 Å². The lowest BCUT2D eigenvalue weighted by molar-refractivity contribution is 0.281. The molecule has 4 rings (SSSR count). The van der Waals surface area contributed by atoms with Crippen LogP contribution in [0.25, 0.3) is 11.3 Å². The number of nitrogens with zero attached hydrogens (tertiary/aromatic N) is 4. The van der Waals surface area contributed by atoms with E-state index in [9.17, 15) is 8.42 Å². The highest BCUT2D eigenvalue weighted by molar-refractivity contribution is 7.91. The number of sulfone groups is 1. The predicted octanol–water partition coefficient (Wildman–Crippen LogP) is 3.15. The van der Waals surface area contributed by atoms with Gasteiger partial charge in [0.2, 0.25) is 5.89 Å². The van der Waals surface area contributed by atoms with Crippen molar-refractivity contribution in [1.29, 1.82) is 0 Å². The van der Waals surface area contributed by atoms with Gasteiger partial charge < -0.3 is 4.42 Å². The molecule has 1 fully saturated rings. The third-order valence-corrected chi connectivity index (χ3v) is 7.22. The van der Waals surface area contributed by atoms with E-state index in [2.05, 4.69) is 15.0 Å². The molecule has 1 saturated heterocycles. The molecule has 0 unspecified atom stereocenters. The Kier molecular flexibility index (Phi) is 5.31. The molecule has 0 radical (unpaired) electrons. The molecule has 0 saturated carbocycles. The monoisotopic (exact) mass is 414 g/mol. The minimum atomic E-state index is -2.94. The molecule has 1 aliphatic rings. The zero-order valence-corrected chi connectivity index (χ0v) is 17.8. The molecule has 3 aromatic rings. The van der Waals surface area contributed by atoms with Gasteiger partial charge in [0.15, 0.2) is 15.6 Å². The van der Waals surface area contributed by atoms with E-state index >= 15 is 0 Å². The fourth-order valence-corrected chi connectivity index (χ4v) is 5.62.